The zero-order valence-electron chi connectivity index (χ0n) is 15.1. The van der Waals surface area contributed by atoms with Crippen molar-refractivity contribution in [1.29, 1.82) is 0 Å². The average Bonchev–Trinajstić information content (AvgIpc) is 2.66. The number of carbonyl (C=O) groups excluding carboxylic acids is 1. The summed E-state index contributed by atoms with van der Waals surface area (Å²) in [5.74, 6) is 0.786. The van der Waals surface area contributed by atoms with Gasteiger partial charge in [-0.15, -0.1) is 0 Å². The van der Waals surface area contributed by atoms with Crippen LogP contribution >= 0.6 is 0 Å². The molecule has 0 spiro atoms. The molecule has 5 heteroatoms. The fourth-order valence-corrected chi connectivity index (χ4v) is 2.68. The van der Waals surface area contributed by atoms with E-state index in [0.29, 0.717) is 29.3 Å². The molecule has 3 aromatic rings. The normalized spacial score (nSPS) is 10.6. The topological polar surface area (TPSA) is 41.6 Å². The number of anilines is 1. The highest BCUT2D eigenvalue weighted by molar-refractivity contribution is 5.93. The van der Waals surface area contributed by atoms with Crippen LogP contribution in [0, 0.1) is 5.82 Å². The second-order valence-corrected chi connectivity index (χ2v) is 6.22. The van der Waals surface area contributed by atoms with E-state index in [0.717, 1.165) is 0 Å². The van der Waals surface area contributed by atoms with Crippen LogP contribution in [-0.4, -0.2) is 24.4 Å². The first-order chi connectivity index (χ1) is 13.1. The number of rotatable bonds is 7. The van der Waals surface area contributed by atoms with Crippen molar-refractivity contribution in [2.75, 3.05) is 18.9 Å². The Kier molecular flexibility index (Phi) is 6.18. The van der Waals surface area contributed by atoms with Gasteiger partial charge in [-0.25, -0.2) is 4.39 Å². The van der Waals surface area contributed by atoms with E-state index in [1.54, 1.807) is 42.3 Å². The standard InChI is InChI=1S/C22H21FN2O2/c1-25(15-17-9-5-6-12-19(17)23)16-22(26)24-20-13-7-8-14-21(20)27-18-10-3-2-4-11-18/h2-14H,15-16H2,1H3,(H,24,26). The molecule has 0 saturated heterocycles. The maximum absolute atomic E-state index is 13.8. The lowest BCUT2D eigenvalue weighted by molar-refractivity contribution is -0.117. The number of amides is 1. The van der Waals surface area contributed by atoms with Crippen molar-refractivity contribution in [1.82, 2.24) is 4.90 Å². The highest BCUT2D eigenvalue weighted by Gasteiger charge is 2.12. The summed E-state index contributed by atoms with van der Waals surface area (Å²) in [7, 11) is 1.78. The van der Waals surface area contributed by atoms with Crippen LogP contribution in [0.15, 0.2) is 78.9 Å². The van der Waals surface area contributed by atoms with Crippen LogP contribution in [0.5, 0.6) is 11.5 Å². The van der Waals surface area contributed by atoms with Crippen molar-refractivity contribution in [3.8, 4) is 11.5 Å². The Bertz CT molecular complexity index is 900. The van der Waals surface area contributed by atoms with Gasteiger partial charge in [0.15, 0.2) is 5.75 Å². The quantitative estimate of drug-likeness (QED) is 0.661. The number of nitrogens with zero attached hydrogens (tertiary/aromatic N) is 1. The molecule has 0 saturated carbocycles. The van der Waals surface area contributed by atoms with Gasteiger partial charge in [-0.2, -0.15) is 0 Å². The maximum atomic E-state index is 13.8. The lowest BCUT2D eigenvalue weighted by atomic mass is 10.2. The highest BCUT2D eigenvalue weighted by atomic mass is 19.1. The third-order valence-electron chi connectivity index (χ3n) is 3.94. The molecule has 0 atom stereocenters. The van der Waals surface area contributed by atoms with E-state index in [4.69, 9.17) is 4.74 Å². The van der Waals surface area contributed by atoms with Crippen LogP contribution in [-0.2, 0) is 11.3 Å². The Hall–Kier alpha value is -3.18. The molecule has 0 aliphatic rings. The number of ether oxygens (including phenoxy) is 1. The number of likely N-dealkylation sites (N-methyl/N-ethyl adjacent to an activating group) is 1. The first-order valence-electron chi connectivity index (χ1n) is 8.65. The monoisotopic (exact) mass is 364 g/mol. The van der Waals surface area contributed by atoms with E-state index in [2.05, 4.69) is 5.32 Å². The van der Waals surface area contributed by atoms with Gasteiger partial charge in [-0.3, -0.25) is 9.69 Å². The summed E-state index contributed by atoms with van der Waals surface area (Å²) >= 11 is 0. The lowest BCUT2D eigenvalue weighted by Gasteiger charge is -2.18. The minimum absolute atomic E-state index is 0.133. The number of para-hydroxylation sites is 3. The SMILES string of the molecule is CN(CC(=O)Nc1ccccc1Oc1ccccc1)Cc1ccccc1F. The Labute approximate surface area is 158 Å². The zero-order chi connectivity index (χ0) is 19.1. The molecule has 4 nitrogen and oxygen atoms in total. The van der Waals surface area contributed by atoms with Crippen LogP contribution < -0.4 is 10.1 Å². The van der Waals surface area contributed by atoms with Crippen LogP contribution in [0.25, 0.3) is 0 Å². The van der Waals surface area contributed by atoms with Crippen molar-refractivity contribution in [3.63, 3.8) is 0 Å². The summed E-state index contributed by atoms with van der Waals surface area (Å²) in [4.78, 5) is 14.2. The van der Waals surface area contributed by atoms with Crippen LogP contribution in [0.3, 0.4) is 0 Å². The molecule has 0 bridgehead atoms. The van der Waals surface area contributed by atoms with Crippen molar-refractivity contribution in [3.05, 3.63) is 90.2 Å². The number of carbonyl (C=O) groups is 1. The molecule has 0 unspecified atom stereocenters. The van der Waals surface area contributed by atoms with E-state index >= 15 is 0 Å². The average molecular weight is 364 g/mol. The van der Waals surface area contributed by atoms with Crippen molar-refractivity contribution in [2.24, 2.45) is 0 Å². The number of benzene rings is 3. The van der Waals surface area contributed by atoms with Gasteiger partial charge in [-0.05, 0) is 37.4 Å². The zero-order valence-corrected chi connectivity index (χ0v) is 15.1. The van der Waals surface area contributed by atoms with Crippen molar-refractivity contribution in [2.45, 2.75) is 6.54 Å². The van der Waals surface area contributed by atoms with E-state index in [1.807, 2.05) is 42.5 Å². The highest BCUT2D eigenvalue weighted by Crippen LogP contribution is 2.29. The van der Waals surface area contributed by atoms with Gasteiger partial charge in [0, 0.05) is 12.1 Å². The molecule has 0 radical (unpaired) electrons. The Morgan fingerprint density at radius 1 is 0.963 bits per heavy atom. The van der Waals surface area contributed by atoms with Crippen LogP contribution in [0.4, 0.5) is 10.1 Å². The van der Waals surface area contributed by atoms with Crippen LogP contribution in [0.1, 0.15) is 5.56 Å². The third-order valence-corrected chi connectivity index (χ3v) is 3.94. The summed E-state index contributed by atoms with van der Waals surface area (Å²) in [5.41, 5.74) is 1.14. The molecule has 3 aromatic carbocycles. The third kappa shape index (κ3) is 5.39. The summed E-state index contributed by atoms with van der Waals surface area (Å²) in [6.07, 6.45) is 0. The molecule has 3 rings (SSSR count). The van der Waals surface area contributed by atoms with Gasteiger partial charge in [0.25, 0.3) is 0 Å². The Morgan fingerprint density at radius 3 is 2.41 bits per heavy atom. The van der Waals surface area contributed by atoms with Gasteiger partial charge < -0.3 is 10.1 Å². The smallest absolute Gasteiger partial charge is 0.238 e. The van der Waals surface area contributed by atoms with Gasteiger partial charge in [0.05, 0.1) is 12.2 Å². The summed E-state index contributed by atoms with van der Waals surface area (Å²) < 4.78 is 19.6. The number of hydrogen-bond acceptors (Lipinski definition) is 3. The van der Waals surface area contributed by atoms with Gasteiger partial charge in [-0.1, -0.05) is 48.5 Å². The molecule has 27 heavy (non-hydrogen) atoms. The van der Waals surface area contributed by atoms with Crippen molar-refractivity contribution < 1.29 is 13.9 Å². The molecule has 0 aliphatic carbocycles. The molecule has 1 amide bonds. The molecule has 138 valence electrons. The number of hydrogen-bond donors (Lipinski definition) is 1. The van der Waals surface area contributed by atoms with E-state index in [1.165, 1.54) is 6.07 Å². The number of halogens is 1. The summed E-state index contributed by atoms with van der Waals surface area (Å²) in [6.45, 7) is 0.482. The maximum Gasteiger partial charge on any atom is 0.238 e. The van der Waals surface area contributed by atoms with E-state index < -0.39 is 0 Å². The number of nitrogens with one attached hydrogen (secondary N) is 1. The van der Waals surface area contributed by atoms with Crippen LogP contribution in [0.2, 0.25) is 0 Å². The largest absolute Gasteiger partial charge is 0.455 e. The summed E-state index contributed by atoms with van der Waals surface area (Å²) in [6, 6.07) is 23.2. The predicted molar refractivity (Wildman–Crippen MR) is 104 cm³/mol. The Morgan fingerprint density at radius 2 is 1.63 bits per heavy atom. The molecule has 0 fully saturated rings. The predicted octanol–water partition coefficient (Wildman–Crippen LogP) is 4.69. The fourth-order valence-electron chi connectivity index (χ4n) is 2.68. The minimum atomic E-state index is -0.272. The molecule has 0 aromatic heterocycles. The van der Waals surface area contributed by atoms with E-state index in [-0.39, 0.29) is 18.3 Å². The van der Waals surface area contributed by atoms with Gasteiger partial charge in [0.2, 0.25) is 5.91 Å². The second-order valence-electron chi connectivity index (χ2n) is 6.22. The molecule has 0 heterocycles. The van der Waals surface area contributed by atoms with Gasteiger partial charge >= 0.3 is 0 Å². The first kappa shape index (κ1) is 18.6. The van der Waals surface area contributed by atoms with Crippen molar-refractivity contribution >= 4 is 11.6 Å². The van der Waals surface area contributed by atoms with Gasteiger partial charge in [0.1, 0.15) is 11.6 Å². The first-order valence-corrected chi connectivity index (χ1v) is 8.65. The lowest BCUT2D eigenvalue weighted by Crippen LogP contribution is -2.30. The fraction of sp³-hybridized carbons (Fsp3) is 0.136. The minimum Gasteiger partial charge on any atom is -0.455 e. The summed E-state index contributed by atoms with van der Waals surface area (Å²) in [5, 5.41) is 2.86. The van der Waals surface area contributed by atoms with E-state index in [9.17, 15) is 9.18 Å². The molecule has 1 N–H and O–H groups in total. The molecular weight excluding hydrogens is 343 g/mol. The molecule has 0 aliphatic heterocycles. The Balaban J connectivity index is 1.61. The second kappa shape index (κ2) is 8.96. The molecular formula is C22H21FN2O2.